The van der Waals surface area contributed by atoms with Gasteiger partial charge in [0.25, 0.3) is 0 Å². The quantitative estimate of drug-likeness (QED) is 0.353. The first-order valence-corrected chi connectivity index (χ1v) is 5.82. The van der Waals surface area contributed by atoms with Gasteiger partial charge in [-0.1, -0.05) is 6.92 Å². The summed E-state index contributed by atoms with van der Waals surface area (Å²) in [5.74, 6) is 0.753. The molecule has 0 fully saturated rings. The van der Waals surface area contributed by atoms with Crippen LogP contribution in [0.2, 0.25) is 0 Å². The van der Waals surface area contributed by atoms with Crippen molar-refractivity contribution >= 4 is 17.8 Å². The third kappa shape index (κ3) is 3.28. The van der Waals surface area contributed by atoms with Crippen LogP contribution in [0.25, 0.3) is 0 Å². The van der Waals surface area contributed by atoms with Crippen molar-refractivity contribution in [2.24, 2.45) is 4.99 Å². The fraction of sp³-hybridized carbons (Fsp3) is 0.364. The van der Waals surface area contributed by atoms with E-state index in [0.717, 1.165) is 11.8 Å². The maximum atomic E-state index is 13.5. The molecule has 0 spiro atoms. The van der Waals surface area contributed by atoms with E-state index in [4.69, 9.17) is 4.74 Å². The molecule has 6 heteroatoms. The molecule has 0 bridgehead atoms. The van der Waals surface area contributed by atoms with E-state index in [1.807, 2.05) is 6.92 Å². The Hall–Kier alpha value is -1.39. The predicted molar refractivity (Wildman–Crippen MR) is 61.4 cm³/mol. The summed E-state index contributed by atoms with van der Waals surface area (Å²) in [4.78, 5) is 13.2. The van der Waals surface area contributed by atoms with Gasteiger partial charge >= 0.3 is 6.05 Å². The van der Waals surface area contributed by atoms with Gasteiger partial charge in [0.15, 0.2) is 0 Å². The summed E-state index contributed by atoms with van der Waals surface area (Å²) >= 11 is 1.41. The highest BCUT2D eigenvalue weighted by atomic mass is 32.2. The summed E-state index contributed by atoms with van der Waals surface area (Å²) in [6, 6.07) is 0.768. The molecule has 0 N–H and O–H groups in total. The van der Waals surface area contributed by atoms with Gasteiger partial charge in [0, 0.05) is 4.90 Å². The Balaban J connectivity index is 3.27. The smallest absolute Gasteiger partial charge is 0.382 e. The minimum absolute atomic E-state index is 0.00514. The molecule has 3 nitrogen and oxygen atoms in total. The third-order valence-corrected chi connectivity index (χ3v) is 2.87. The van der Waals surface area contributed by atoms with Crippen molar-refractivity contribution in [3.63, 3.8) is 0 Å². The summed E-state index contributed by atoms with van der Waals surface area (Å²) in [5.41, 5.74) is -0.429. The van der Waals surface area contributed by atoms with Crippen LogP contribution >= 0.6 is 11.8 Å². The minimum atomic E-state index is -3.61. The highest BCUT2D eigenvalue weighted by molar-refractivity contribution is 7.99. The molecule has 0 aliphatic heterocycles. The molecule has 0 aromatic heterocycles. The molecule has 1 aromatic rings. The molecule has 0 unspecified atom stereocenters. The van der Waals surface area contributed by atoms with Crippen LogP contribution in [-0.2, 0) is 10.8 Å². The second-order valence-corrected chi connectivity index (χ2v) is 4.38. The Kier molecular flexibility index (Phi) is 4.66. The van der Waals surface area contributed by atoms with Gasteiger partial charge in [-0.05, 0) is 24.0 Å². The van der Waals surface area contributed by atoms with Crippen LogP contribution in [0, 0.1) is 0 Å². The highest BCUT2D eigenvalue weighted by Gasteiger charge is 2.34. The van der Waals surface area contributed by atoms with Gasteiger partial charge in [-0.25, -0.2) is 4.79 Å². The van der Waals surface area contributed by atoms with E-state index >= 15 is 0 Å². The molecule has 0 saturated carbocycles. The zero-order valence-corrected chi connectivity index (χ0v) is 10.2. The van der Waals surface area contributed by atoms with Gasteiger partial charge in [0.05, 0.1) is 12.7 Å². The number of hydrogen-bond acceptors (Lipinski definition) is 4. The molecule has 1 aromatic carbocycles. The van der Waals surface area contributed by atoms with E-state index in [-0.39, 0.29) is 5.75 Å². The molecule has 0 amide bonds. The monoisotopic (exact) mass is 259 g/mol. The Morgan fingerprint density at radius 1 is 1.53 bits per heavy atom. The first-order chi connectivity index (χ1) is 8.05. The number of aliphatic imine (C=N–C) groups is 1. The second-order valence-electron chi connectivity index (χ2n) is 3.04. The van der Waals surface area contributed by atoms with Crippen molar-refractivity contribution in [3.05, 3.63) is 23.8 Å². The largest absolute Gasteiger partial charge is 0.496 e. The summed E-state index contributed by atoms with van der Waals surface area (Å²) in [7, 11) is 1.28. The molecule has 0 atom stereocenters. The van der Waals surface area contributed by atoms with Crippen molar-refractivity contribution in [1.29, 1.82) is 0 Å². The van der Waals surface area contributed by atoms with Crippen LogP contribution in [0.1, 0.15) is 12.5 Å². The maximum Gasteiger partial charge on any atom is 0.382 e. The third-order valence-electron chi connectivity index (χ3n) is 1.99. The van der Waals surface area contributed by atoms with E-state index in [1.165, 1.54) is 31.0 Å². The summed E-state index contributed by atoms with van der Waals surface area (Å²) in [6.45, 7) is 1.91. The lowest BCUT2D eigenvalue weighted by molar-refractivity contribution is 0.00368. The van der Waals surface area contributed by atoms with Crippen LogP contribution < -0.4 is 4.74 Å². The number of alkyl halides is 2. The molecule has 0 aliphatic rings. The van der Waals surface area contributed by atoms with Gasteiger partial charge in [-0.2, -0.15) is 8.78 Å². The number of isocyanates is 1. The number of carbonyl (C=O) groups excluding carboxylic acids is 1. The number of hydrogen-bond donors (Lipinski definition) is 0. The Morgan fingerprint density at radius 3 is 2.76 bits per heavy atom. The van der Waals surface area contributed by atoms with Crippen LogP contribution in [0.15, 0.2) is 28.1 Å². The normalized spacial score (nSPS) is 10.8. The molecular weight excluding hydrogens is 248 g/mol. The van der Waals surface area contributed by atoms with E-state index in [0.29, 0.717) is 4.90 Å². The SMILES string of the molecule is CCSc1ccc(OC)c(C(F)(F)N=C=O)c1. The first-order valence-electron chi connectivity index (χ1n) is 4.83. The number of thioether (sulfide) groups is 1. The van der Waals surface area contributed by atoms with Crippen molar-refractivity contribution in [1.82, 2.24) is 0 Å². The lowest BCUT2D eigenvalue weighted by Gasteiger charge is -2.14. The zero-order chi connectivity index (χ0) is 12.9. The van der Waals surface area contributed by atoms with E-state index in [2.05, 4.69) is 4.99 Å². The molecule has 92 valence electrons. The van der Waals surface area contributed by atoms with E-state index in [1.54, 1.807) is 6.07 Å². The first kappa shape index (κ1) is 13.7. The zero-order valence-electron chi connectivity index (χ0n) is 9.37. The highest BCUT2D eigenvalue weighted by Crippen LogP contribution is 2.38. The number of rotatable bonds is 5. The van der Waals surface area contributed by atoms with Gasteiger partial charge < -0.3 is 4.74 Å². The van der Waals surface area contributed by atoms with Gasteiger partial charge in [-0.15, -0.1) is 16.8 Å². The Bertz CT molecular complexity index is 445. The topological polar surface area (TPSA) is 38.7 Å². The molecule has 0 heterocycles. The van der Waals surface area contributed by atoms with E-state index in [9.17, 15) is 13.6 Å². The summed E-state index contributed by atoms with van der Waals surface area (Å²) in [5, 5.41) is 0. The molecule has 0 saturated heterocycles. The maximum absolute atomic E-state index is 13.5. The van der Waals surface area contributed by atoms with Crippen molar-refractivity contribution < 1.29 is 18.3 Å². The summed E-state index contributed by atoms with van der Waals surface area (Å²) in [6.07, 6.45) is 0.872. The Labute approximate surface area is 102 Å². The van der Waals surface area contributed by atoms with Crippen LogP contribution in [0.5, 0.6) is 5.75 Å². The molecule has 0 aliphatic carbocycles. The minimum Gasteiger partial charge on any atom is -0.496 e. The second kappa shape index (κ2) is 5.80. The van der Waals surface area contributed by atoms with Crippen molar-refractivity contribution in [2.75, 3.05) is 12.9 Å². The van der Waals surface area contributed by atoms with Crippen LogP contribution in [0.4, 0.5) is 8.78 Å². The number of halogens is 2. The number of benzene rings is 1. The molecular formula is C11H11F2NO2S. The number of methoxy groups -OCH3 is 1. The predicted octanol–water partition coefficient (Wildman–Crippen LogP) is 3.19. The van der Waals surface area contributed by atoms with Crippen molar-refractivity contribution in [3.8, 4) is 5.75 Å². The van der Waals surface area contributed by atoms with Gasteiger partial charge in [-0.3, -0.25) is 0 Å². The van der Waals surface area contributed by atoms with Crippen LogP contribution in [0.3, 0.4) is 0 Å². The Morgan fingerprint density at radius 2 is 2.24 bits per heavy atom. The fourth-order valence-electron chi connectivity index (χ4n) is 1.30. The average Bonchev–Trinajstić information content (AvgIpc) is 2.29. The average molecular weight is 259 g/mol. The van der Waals surface area contributed by atoms with E-state index < -0.39 is 11.6 Å². The lowest BCUT2D eigenvalue weighted by Crippen LogP contribution is -2.11. The summed E-state index contributed by atoms with van der Waals surface area (Å²) < 4.78 is 31.8. The van der Waals surface area contributed by atoms with Crippen molar-refractivity contribution in [2.45, 2.75) is 17.9 Å². The molecule has 1 rings (SSSR count). The van der Waals surface area contributed by atoms with Gasteiger partial charge in [0.2, 0.25) is 6.08 Å². The fourth-order valence-corrected chi connectivity index (χ4v) is 1.99. The molecule has 17 heavy (non-hydrogen) atoms. The molecule has 0 radical (unpaired) electrons. The number of nitrogens with zero attached hydrogens (tertiary/aromatic N) is 1. The van der Waals surface area contributed by atoms with Crippen LogP contribution in [-0.4, -0.2) is 18.9 Å². The van der Waals surface area contributed by atoms with Gasteiger partial charge in [0.1, 0.15) is 5.75 Å². The lowest BCUT2D eigenvalue weighted by atomic mass is 10.1. The standard InChI is InChI=1S/C11H11F2NO2S/c1-3-17-8-4-5-10(16-2)9(6-8)11(12,13)14-7-15/h4-6H,3H2,1-2H3. The number of ether oxygens (including phenoxy) is 1.